The van der Waals surface area contributed by atoms with Crippen LogP contribution in [0.2, 0.25) is 0 Å². The summed E-state index contributed by atoms with van der Waals surface area (Å²) in [5.74, 6) is 0. The first-order chi connectivity index (χ1) is 19.3. The Labute approximate surface area is 229 Å². The molecule has 39 heavy (non-hydrogen) atoms. The van der Waals surface area contributed by atoms with Crippen molar-refractivity contribution in [2.24, 2.45) is 0 Å². The summed E-state index contributed by atoms with van der Waals surface area (Å²) >= 11 is 0. The molecule has 6 rings (SSSR count). The van der Waals surface area contributed by atoms with E-state index in [4.69, 9.17) is 18.9 Å². The van der Waals surface area contributed by atoms with Gasteiger partial charge in [0.05, 0.1) is 26.4 Å². The van der Waals surface area contributed by atoms with Crippen LogP contribution in [-0.4, -0.2) is 29.9 Å². The molecule has 5 nitrogen and oxygen atoms in total. The highest BCUT2D eigenvalue weighted by Crippen LogP contribution is 2.41. The number of fused-ring (bicyclic) bond motifs is 1. The molecule has 4 atom stereocenters. The summed E-state index contributed by atoms with van der Waals surface area (Å²) in [6.45, 7) is 1.85. The summed E-state index contributed by atoms with van der Waals surface area (Å²) in [5.41, 5.74) is 5.49. The van der Waals surface area contributed by atoms with E-state index in [-0.39, 0.29) is 24.4 Å². The molecule has 5 aromatic rings. The molecular weight excluding hydrogens is 486 g/mol. The van der Waals surface area contributed by atoms with Gasteiger partial charge in [-0.25, -0.2) is 0 Å². The van der Waals surface area contributed by atoms with Gasteiger partial charge in [-0.05, 0) is 22.8 Å². The van der Waals surface area contributed by atoms with Crippen molar-refractivity contribution in [1.29, 1.82) is 0 Å². The number of hydrogen-bond acceptors (Lipinski definition) is 4. The highest BCUT2D eigenvalue weighted by Gasteiger charge is 2.47. The minimum atomic E-state index is -0.321. The molecule has 0 spiro atoms. The average Bonchev–Trinajstić information content (AvgIpc) is 3.57. The zero-order valence-electron chi connectivity index (χ0n) is 21.8. The molecule has 0 radical (unpaired) electrons. The molecule has 0 saturated carbocycles. The van der Waals surface area contributed by atoms with Gasteiger partial charge in [-0.2, -0.15) is 0 Å². The Morgan fingerprint density at radius 3 is 1.77 bits per heavy atom. The largest absolute Gasteiger partial charge is 0.374 e. The maximum absolute atomic E-state index is 6.76. The molecule has 1 aromatic heterocycles. The van der Waals surface area contributed by atoms with Crippen molar-refractivity contribution >= 4 is 10.9 Å². The maximum atomic E-state index is 6.76. The number of para-hydroxylation sites is 1. The third kappa shape index (κ3) is 6.13. The first-order valence-electron chi connectivity index (χ1n) is 13.5. The smallest absolute Gasteiger partial charge is 0.117 e. The molecule has 0 bridgehead atoms. The Morgan fingerprint density at radius 1 is 0.590 bits per heavy atom. The third-order valence-corrected chi connectivity index (χ3v) is 7.20. The van der Waals surface area contributed by atoms with Crippen molar-refractivity contribution in [1.82, 2.24) is 4.98 Å². The Balaban J connectivity index is 1.28. The lowest BCUT2D eigenvalue weighted by molar-refractivity contribution is -0.0898. The molecule has 0 aliphatic carbocycles. The van der Waals surface area contributed by atoms with Gasteiger partial charge in [-0.1, -0.05) is 109 Å². The minimum absolute atomic E-state index is 0.295. The van der Waals surface area contributed by atoms with Gasteiger partial charge in [0.2, 0.25) is 0 Å². The van der Waals surface area contributed by atoms with Crippen molar-refractivity contribution in [3.8, 4) is 0 Å². The molecule has 1 saturated heterocycles. The molecule has 0 amide bonds. The van der Waals surface area contributed by atoms with Crippen molar-refractivity contribution in [3.05, 3.63) is 144 Å². The Hall–Kier alpha value is -3.74. The monoisotopic (exact) mass is 519 g/mol. The van der Waals surface area contributed by atoms with Gasteiger partial charge in [0.25, 0.3) is 0 Å². The number of aromatic amines is 1. The number of rotatable bonds is 11. The zero-order chi connectivity index (χ0) is 26.3. The number of nitrogens with one attached hydrogen (secondary N) is 1. The summed E-state index contributed by atoms with van der Waals surface area (Å²) in [6, 6.07) is 39.0. The van der Waals surface area contributed by atoms with E-state index in [0.29, 0.717) is 26.4 Å². The van der Waals surface area contributed by atoms with Crippen molar-refractivity contribution in [2.75, 3.05) is 6.61 Å². The van der Waals surface area contributed by atoms with Gasteiger partial charge in [-0.3, -0.25) is 0 Å². The summed E-state index contributed by atoms with van der Waals surface area (Å²) in [6.07, 6.45) is 0.796. The van der Waals surface area contributed by atoms with Crippen LogP contribution in [0.15, 0.2) is 121 Å². The number of aromatic nitrogens is 1. The first kappa shape index (κ1) is 25.5. The van der Waals surface area contributed by atoms with Crippen LogP contribution in [0.1, 0.15) is 28.4 Å². The molecular formula is C34H33NO4. The molecule has 1 N–H and O–H groups in total. The van der Waals surface area contributed by atoms with Crippen LogP contribution in [0.25, 0.3) is 10.9 Å². The fraction of sp³-hybridized carbons (Fsp3) is 0.235. The highest BCUT2D eigenvalue weighted by atomic mass is 16.6. The van der Waals surface area contributed by atoms with Crippen LogP contribution in [-0.2, 0) is 38.8 Å². The summed E-state index contributed by atoms with van der Waals surface area (Å²) in [7, 11) is 0. The number of benzene rings is 4. The van der Waals surface area contributed by atoms with Gasteiger partial charge >= 0.3 is 0 Å². The second-order valence-corrected chi connectivity index (χ2v) is 9.91. The second kappa shape index (κ2) is 12.4. The molecule has 2 heterocycles. The molecule has 1 fully saturated rings. The summed E-state index contributed by atoms with van der Waals surface area (Å²) in [5, 5.41) is 1.13. The lowest BCUT2D eigenvalue weighted by Crippen LogP contribution is -2.37. The van der Waals surface area contributed by atoms with Crippen LogP contribution < -0.4 is 0 Å². The SMILES string of the molecule is c1ccc(COC[C@H]2OC(c3c[nH]c4ccccc34)[C@H](OCc3ccccc3)[C@@H]2OCc2ccccc2)cc1. The highest BCUT2D eigenvalue weighted by molar-refractivity contribution is 5.83. The van der Waals surface area contributed by atoms with Crippen molar-refractivity contribution < 1.29 is 18.9 Å². The third-order valence-electron chi connectivity index (χ3n) is 7.20. The Morgan fingerprint density at radius 2 is 1.13 bits per heavy atom. The lowest BCUT2D eigenvalue weighted by atomic mass is 10.00. The average molecular weight is 520 g/mol. The van der Waals surface area contributed by atoms with Gasteiger partial charge in [-0.15, -0.1) is 0 Å². The number of H-pyrrole nitrogens is 1. The number of ether oxygens (including phenoxy) is 4. The quantitative estimate of drug-likeness (QED) is 0.204. The number of hydrogen-bond donors (Lipinski definition) is 1. The van der Waals surface area contributed by atoms with Gasteiger partial charge in [0.1, 0.15) is 24.4 Å². The van der Waals surface area contributed by atoms with Crippen molar-refractivity contribution in [3.63, 3.8) is 0 Å². The van der Waals surface area contributed by atoms with Gasteiger partial charge < -0.3 is 23.9 Å². The standard InChI is InChI=1S/C34H33NO4/c1-4-12-25(13-5-1)21-36-24-31-33(37-22-26-14-6-2-7-15-26)34(38-23-27-16-8-3-9-17-27)32(39-31)29-20-35-30-19-11-10-18-28(29)30/h1-20,31-35H,21-24H2/t31-,32?,33-,34+/m1/s1. The normalized spacial score (nSPS) is 20.9. The van der Waals surface area contributed by atoms with Crippen LogP contribution in [0.5, 0.6) is 0 Å². The van der Waals surface area contributed by atoms with E-state index in [1.165, 1.54) is 0 Å². The van der Waals surface area contributed by atoms with Crippen LogP contribution in [0, 0.1) is 0 Å². The van der Waals surface area contributed by atoms with Crippen LogP contribution in [0.3, 0.4) is 0 Å². The van der Waals surface area contributed by atoms with E-state index in [2.05, 4.69) is 59.6 Å². The van der Waals surface area contributed by atoms with E-state index < -0.39 is 0 Å². The van der Waals surface area contributed by atoms with E-state index in [1.807, 2.05) is 66.9 Å². The molecule has 1 aliphatic heterocycles. The van der Waals surface area contributed by atoms with Gasteiger partial charge in [0, 0.05) is 22.7 Å². The zero-order valence-corrected chi connectivity index (χ0v) is 21.8. The molecule has 198 valence electrons. The molecule has 1 unspecified atom stereocenters. The van der Waals surface area contributed by atoms with Crippen molar-refractivity contribution in [2.45, 2.75) is 44.2 Å². The second-order valence-electron chi connectivity index (χ2n) is 9.91. The Kier molecular flexibility index (Phi) is 8.13. The maximum Gasteiger partial charge on any atom is 0.117 e. The molecule has 1 aliphatic rings. The topological polar surface area (TPSA) is 52.7 Å². The van der Waals surface area contributed by atoms with Gasteiger partial charge in [0.15, 0.2) is 0 Å². The minimum Gasteiger partial charge on any atom is -0.374 e. The van der Waals surface area contributed by atoms with Crippen LogP contribution in [0.4, 0.5) is 0 Å². The summed E-state index contributed by atoms with van der Waals surface area (Å²) in [4.78, 5) is 3.40. The first-order valence-corrected chi connectivity index (χ1v) is 13.5. The lowest BCUT2D eigenvalue weighted by Gasteiger charge is -2.25. The fourth-order valence-electron chi connectivity index (χ4n) is 5.23. The van der Waals surface area contributed by atoms with E-state index in [9.17, 15) is 0 Å². The predicted octanol–water partition coefficient (Wildman–Crippen LogP) is 7.00. The Bertz CT molecular complexity index is 1440. The van der Waals surface area contributed by atoms with E-state index in [1.54, 1.807) is 0 Å². The molecule has 4 aromatic carbocycles. The summed E-state index contributed by atoms with van der Waals surface area (Å²) < 4.78 is 26.2. The van der Waals surface area contributed by atoms with E-state index in [0.717, 1.165) is 33.2 Å². The van der Waals surface area contributed by atoms with Crippen LogP contribution >= 0.6 is 0 Å². The fourth-order valence-corrected chi connectivity index (χ4v) is 5.23. The van der Waals surface area contributed by atoms with E-state index >= 15 is 0 Å². The molecule has 5 heteroatoms. The predicted molar refractivity (Wildman–Crippen MR) is 152 cm³/mol.